The van der Waals surface area contributed by atoms with E-state index in [-0.39, 0.29) is 11.9 Å². The molecule has 5 nitrogen and oxygen atoms in total. The lowest BCUT2D eigenvalue weighted by Crippen LogP contribution is -2.22. The molecule has 0 heterocycles. The maximum Gasteiger partial charge on any atom is 0.337 e. The fraction of sp³-hybridized carbons (Fsp3) is 0.222. The monoisotopic (exact) mass is 313 g/mol. The van der Waals surface area contributed by atoms with Gasteiger partial charge in [0, 0.05) is 19.2 Å². The van der Waals surface area contributed by atoms with E-state index in [0.29, 0.717) is 24.3 Å². The summed E-state index contributed by atoms with van der Waals surface area (Å²) in [6.07, 6.45) is 0. The zero-order chi connectivity index (χ0) is 16.7. The number of carbonyl (C=O) groups is 2. The largest absolute Gasteiger partial charge is 0.465 e. The van der Waals surface area contributed by atoms with E-state index in [4.69, 9.17) is 4.74 Å². The van der Waals surface area contributed by atoms with Crippen LogP contribution in [0.5, 0.6) is 0 Å². The Morgan fingerprint density at radius 2 is 1.43 bits per heavy atom. The normalized spacial score (nSPS) is 10.2. The van der Waals surface area contributed by atoms with Crippen LogP contribution in [0.1, 0.15) is 31.8 Å². The summed E-state index contributed by atoms with van der Waals surface area (Å²) in [6, 6.07) is 14.2. The van der Waals surface area contributed by atoms with Crippen LogP contribution >= 0.6 is 0 Å². The molecule has 23 heavy (non-hydrogen) atoms. The highest BCUT2D eigenvalue weighted by Crippen LogP contribution is 2.08. The maximum absolute atomic E-state index is 12.1. The van der Waals surface area contributed by atoms with Crippen molar-refractivity contribution in [3.05, 3.63) is 70.8 Å². The van der Waals surface area contributed by atoms with Gasteiger partial charge in [-0.25, -0.2) is 4.79 Å². The van der Waals surface area contributed by atoms with E-state index < -0.39 is 0 Å². The van der Waals surface area contributed by atoms with Crippen LogP contribution in [0.15, 0.2) is 48.5 Å². The second-order valence-electron chi connectivity index (χ2n) is 5.00. The molecule has 0 aliphatic carbocycles. The van der Waals surface area contributed by atoms with Crippen molar-refractivity contribution in [1.29, 1.82) is 0 Å². The Balaban J connectivity index is 1.92. The number of ether oxygens (including phenoxy) is 2. The van der Waals surface area contributed by atoms with E-state index >= 15 is 0 Å². The summed E-state index contributed by atoms with van der Waals surface area (Å²) in [4.78, 5) is 23.4. The van der Waals surface area contributed by atoms with E-state index in [1.807, 2.05) is 12.1 Å². The Morgan fingerprint density at radius 1 is 0.870 bits per heavy atom. The van der Waals surface area contributed by atoms with E-state index in [0.717, 1.165) is 11.1 Å². The van der Waals surface area contributed by atoms with Crippen molar-refractivity contribution in [2.24, 2.45) is 0 Å². The molecule has 0 radical (unpaired) electrons. The smallest absolute Gasteiger partial charge is 0.337 e. The van der Waals surface area contributed by atoms with Gasteiger partial charge in [-0.05, 0) is 35.4 Å². The van der Waals surface area contributed by atoms with Crippen LogP contribution in [0.3, 0.4) is 0 Å². The average molecular weight is 313 g/mol. The predicted octanol–water partition coefficient (Wildman–Crippen LogP) is 2.55. The first kappa shape index (κ1) is 16.7. The van der Waals surface area contributed by atoms with Crippen molar-refractivity contribution in [2.45, 2.75) is 13.2 Å². The van der Waals surface area contributed by atoms with Crippen LogP contribution in [-0.2, 0) is 22.6 Å². The minimum atomic E-state index is -0.378. The average Bonchev–Trinajstić information content (AvgIpc) is 2.60. The molecule has 0 aromatic heterocycles. The lowest BCUT2D eigenvalue weighted by molar-refractivity contribution is 0.0600. The predicted molar refractivity (Wildman–Crippen MR) is 86.1 cm³/mol. The van der Waals surface area contributed by atoms with Gasteiger partial charge in [0.2, 0.25) is 0 Å². The van der Waals surface area contributed by atoms with Crippen molar-refractivity contribution in [1.82, 2.24) is 5.32 Å². The first-order valence-electron chi connectivity index (χ1n) is 7.17. The number of rotatable bonds is 6. The molecule has 0 aliphatic rings. The summed E-state index contributed by atoms with van der Waals surface area (Å²) >= 11 is 0. The third kappa shape index (κ3) is 4.66. The highest BCUT2D eigenvalue weighted by molar-refractivity contribution is 5.94. The van der Waals surface area contributed by atoms with Gasteiger partial charge in [0.05, 0.1) is 19.3 Å². The van der Waals surface area contributed by atoms with Crippen LogP contribution in [0, 0.1) is 0 Å². The first-order chi connectivity index (χ1) is 11.1. The number of carbonyl (C=O) groups excluding carboxylic acids is 2. The van der Waals surface area contributed by atoms with Gasteiger partial charge < -0.3 is 14.8 Å². The summed E-state index contributed by atoms with van der Waals surface area (Å²) in [6.45, 7) is 0.911. The topological polar surface area (TPSA) is 64.6 Å². The first-order valence-corrected chi connectivity index (χ1v) is 7.17. The van der Waals surface area contributed by atoms with Gasteiger partial charge in [0.25, 0.3) is 5.91 Å². The second-order valence-corrected chi connectivity index (χ2v) is 5.00. The zero-order valence-electron chi connectivity index (χ0n) is 13.2. The molecule has 1 amide bonds. The fourth-order valence-electron chi connectivity index (χ4n) is 2.08. The van der Waals surface area contributed by atoms with Gasteiger partial charge in [0.15, 0.2) is 0 Å². The Kier molecular flexibility index (Phi) is 5.88. The molecule has 1 N–H and O–H groups in total. The molecular formula is C18H19NO4. The molecule has 0 saturated carbocycles. The van der Waals surface area contributed by atoms with Gasteiger partial charge in [0.1, 0.15) is 0 Å². The number of benzene rings is 2. The Morgan fingerprint density at radius 3 is 2.00 bits per heavy atom. The van der Waals surface area contributed by atoms with Crippen molar-refractivity contribution >= 4 is 11.9 Å². The summed E-state index contributed by atoms with van der Waals surface area (Å²) < 4.78 is 9.68. The van der Waals surface area contributed by atoms with Gasteiger partial charge >= 0.3 is 5.97 Å². The van der Waals surface area contributed by atoms with Crippen molar-refractivity contribution in [2.75, 3.05) is 14.2 Å². The van der Waals surface area contributed by atoms with Gasteiger partial charge in [-0.2, -0.15) is 0 Å². The molecular weight excluding hydrogens is 294 g/mol. The van der Waals surface area contributed by atoms with Crippen LogP contribution in [0.4, 0.5) is 0 Å². The van der Waals surface area contributed by atoms with Gasteiger partial charge in [-0.15, -0.1) is 0 Å². The maximum atomic E-state index is 12.1. The number of amides is 1. The molecule has 0 aliphatic heterocycles. The van der Waals surface area contributed by atoms with Crippen molar-refractivity contribution in [3.63, 3.8) is 0 Å². The quantitative estimate of drug-likeness (QED) is 0.832. The number of nitrogens with one attached hydrogen (secondary N) is 1. The number of methoxy groups -OCH3 is 2. The number of hydrogen-bond donors (Lipinski definition) is 1. The van der Waals surface area contributed by atoms with E-state index in [9.17, 15) is 9.59 Å². The lowest BCUT2D eigenvalue weighted by atomic mass is 10.1. The summed E-state index contributed by atoms with van der Waals surface area (Å²) in [5.74, 6) is -0.525. The molecule has 2 aromatic carbocycles. The minimum Gasteiger partial charge on any atom is -0.465 e. The molecule has 120 valence electrons. The van der Waals surface area contributed by atoms with Crippen LogP contribution in [-0.4, -0.2) is 26.1 Å². The Labute approximate surface area is 135 Å². The highest BCUT2D eigenvalue weighted by atomic mass is 16.5. The molecule has 5 heteroatoms. The summed E-state index contributed by atoms with van der Waals surface area (Å²) in [5, 5.41) is 2.84. The second kappa shape index (κ2) is 8.10. The van der Waals surface area contributed by atoms with Crippen LogP contribution in [0.25, 0.3) is 0 Å². The van der Waals surface area contributed by atoms with E-state index in [2.05, 4.69) is 10.1 Å². The fourth-order valence-corrected chi connectivity index (χ4v) is 2.08. The van der Waals surface area contributed by atoms with Crippen molar-refractivity contribution in [3.8, 4) is 0 Å². The zero-order valence-corrected chi connectivity index (χ0v) is 13.2. The van der Waals surface area contributed by atoms with Crippen molar-refractivity contribution < 1.29 is 19.1 Å². The molecule has 0 unspecified atom stereocenters. The lowest BCUT2D eigenvalue weighted by Gasteiger charge is -2.07. The van der Waals surface area contributed by atoms with Gasteiger partial charge in [-0.3, -0.25) is 4.79 Å². The standard InChI is InChI=1S/C18H19NO4/c1-22-12-14-5-7-15(8-6-14)17(20)19-11-13-3-9-16(10-4-13)18(21)23-2/h3-10H,11-12H2,1-2H3,(H,19,20). The van der Waals surface area contributed by atoms with Crippen LogP contribution in [0.2, 0.25) is 0 Å². The summed E-state index contributed by atoms with van der Waals surface area (Å²) in [7, 11) is 2.97. The minimum absolute atomic E-state index is 0.147. The molecule has 0 fully saturated rings. The molecule has 2 rings (SSSR count). The number of hydrogen-bond acceptors (Lipinski definition) is 4. The highest BCUT2D eigenvalue weighted by Gasteiger charge is 2.07. The third-order valence-corrected chi connectivity index (χ3v) is 3.36. The number of esters is 1. The van der Waals surface area contributed by atoms with E-state index in [1.165, 1.54) is 7.11 Å². The van der Waals surface area contributed by atoms with Gasteiger partial charge in [-0.1, -0.05) is 24.3 Å². The molecule has 0 bridgehead atoms. The molecule has 2 aromatic rings. The Hall–Kier alpha value is -2.66. The summed E-state index contributed by atoms with van der Waals surface area (Å²) in [5.41, 5.74) is 3.00. The molecule has 0 spiro atoms. The SMILES string of the molecule is COCc1ccc(C(=O)NCc2ccc(C(=O)OC)cc2)cc1. The Bertz CT molecular complexity index is 662. The van der Waals surface area contributed by atoms with E-state index in [1.54, 1.807) is 43.5 Å². The third-order valence-electron chi connectivity index (χ3n) is 3.36. The van der Waals surface area contributed by atoms with Crippen LogP contribution < -0.4 is 5.32 Å². The molecule has 0 atom stereocenters. The molecule has 0 saturated heterocycles.